The third-order valence-electron chi connectivity index (χ3n) is 2.09. The number of carboxylic acids is 1. The van der Waals surface area contributed by atoms with Gasteiger partial charge in [0.25, 0.3) is 0 Å². The van der Waals surface area contributed by atoms with Crippen LogP contribution in [0.1, 0.15) is 26.2 Å². The summed E-state index contributed by atoms with van der Waals surface area (Å²) < 4.78 is 5.36. The van der Waals surface area contributed by atoms with Gasteiger partial charge in [-0.1, -0.05) is 0 Å². The lowest BCUT2D eigenvalue weighted by Gasteiger charge is -2.12. The molecule has 2 N–H and O–H groups in total. The fraction of sp³-hybridized carbons (Fsp3) is 0.875. The number of carboxylic acid groups (broad SMARTS) is 1. The van der Waals surface area contributed by atoms with E-state index in [1.807, 2.05) is 6.92 Å². The molecule has 4 heteroatoms. The van der Waals surface area contributed by atoms with Crippen molar-refractivity contribution in [2.45, 2.75) is 44.5 Å². The molecule has 0 aromatic rings. The number of carbonyl (C=O) groups is 1. The van der Waals surface area contributed by atoms with Crippen molar-refractivity contribution >= 4 is 5.97 Å². The van der Waals surface area contributed by atoms with E-state index in [1.165, 1.54) is 0 Å². The summed E-state index contributed by atoms with van der Waals surface area (Å²) in [5, 5.41) is 17.4. The molecule has 3 atom stereocenters. The predicted octanol–water partition coefficient (Wildman–Crippen LogP) is 0.389. The Morgan fingerprint density at radius 1 is 1.67 bits per heavy atom. The largest absolute Gasteiger partial charge is 0.479 e. The van der Waals surface area contributed by atoms with Crippen molar-refractivity contribution in [1.82, 2.24) is 0 Å². The number of ether oxygens (including phenoxy) is 1. The van der Waals surface area contributed by atoms with Crippen LogP contribution >= 0.6 is 0 Å². The Labute approximate surface area is 71.2 Å². The SMILES string of the molecule is CC1CCC(CC(O)C(=O)O)O1. The summed E-state index contributed by atoms with van der Waals surface area (Å²) in [7, 11) is 0. The summed E-state index contributed by atoms with van der Waals surface area (Å²) in [4.78, 5) is 10.3. The van der Waals surface area contributed by atoms with Gasteiger partial charge in [0.1, 0.15) is 0 Å². The molecule has 1 fully saturated rings. The van der Waals surface area contributed by atoms with E-state index in [0.29, 0.717) is 0 Å². The molecule has 1 rings (SSSR count). The van der Waals surface area contributed by atoms with Gasteiger partial charge in [0.05, 0.1) is 12.2 Å². The van der Waals surface area contributed by atoms with Gasteiger partial charge in [0.15, 0.2) is 6.10 Å². The van der Waals surface area contributed by atoms with E-state index >= 15 is 0 Å². The van der Waals surface area contributed by atoms with Crippen molar-refractivity contribution in [3.63, 3.8) is 0 Å². The van der Waals surface area contributed by atoms with Crippen molar-refractivity contribution in [2.24, 2.45) is 0 Å². The van der Waals surface area contributed by atoms with Crippen LogP contribution in [0.5, 0.6) is 0 Å². The monoisotopic (exact) mass is 174 g/mol. The molecule has 1 saturated heterocycles. The first kappa shape index (κ1) is 9.48. The highest BCUT2D eigenvalue weighted by atomic mass is 16.5. The normalized spacial score (nSPS) is 31.8. The molecule has 3 unspecified atom stereocenters. The standard InChI is InChI=1S/C8H14O4/c1-5-2-3-6(12-5)4-7(9)8(10)11/h5-7,9H,2-4H2,1H3,(H,10,11). The van der Waals surface area contributed by atoms with Crippen LogP contribution in [0, 0.1) is 0 Å². The average molecular weight is 174 g/mol. The molecule has 1 aliphatic heterocycles. The average Bonchev–Trinajstić information content (AvgIpc) is 2.35. The van der Waals surface area contributed by atoms with Crippen LogP contribution in [0.4, 0.5) is 0 Å². The first-order valence-electron chi connectivity index (χ1n) is 4.16. The van der Waals surface area contributed by atoms with Crippen LogP contribution in [-0.2, 0) is 9.53 Å². The molecular weight excluding hydrogens is 160 g/mol. The Hall–Kier alpha value is -0.610. The molecule has 0 amide bonds. The van der Waals surface area contributed by atoms with E-state index < -0.39 is 12.1 Å². The van der Waals surface area contributed by atoms with Crippen LogP contribution in [0.15, 0.2) is 0 Å². The summed E-state index contributed by atoms with van der Waals surface area (Å²) in [6.45, 7) is 1.95. The van der Waals surface area contributed by atoms with Crippen molar-refractivity contribution in [3.05, 3.63) is 0 Å². The molecule has 70 valence electrons. The Morgan fingerprint density at radius 2 is 2.33 bits per heavy atom. The maximum absolute atomic E-state index is 10.3. The van der Waals surface area contributed by atoms with Crippen LogP contribution in [-0.4, -0.2) is 34.5 Å². The Kier molecular flexibility index (Phi) is 3.05. The van der Waals surface area contributed by atoms with Crippen LogP contribution in [0.3, 0.4) is 0 Å². The number of hydrogen-bond donors (Lipinski definition) is 2. The minimum Gasteiger partial charge on any atom is -0.479 e. The second-order valence-corrected chi connectivity index (χ2v) is 3.24. The fourth-order valence-electron chi connectivity index (χ4n) is 1.41. The smallest absolute Gasteiger partial charge is 0.332 e. The van der Waals surface area contributed by atoms with Crippen LogP contribution < -0.4 is 0 Å². The van der Waals surface area contributed by atoms with E-state index in [0.717, 1.165) is 12.8 Å². The number of aliphatic carboxylic acids is 1. The molecule has 0 saturated carbocycles. The van der Waals surface area contributed by atoms with Gasteiger partial charge in [-0.3, -0.25) is 0 Å². The van der Waals surface area contributed by atoms with Gasteiger partial charge in [-0.15, -0.1) is 0 Å². The Bertz CT molecular complexity index is 168. The molecule has 0 aromatic heterocycles. The van der Waals surface area contributed by atoms with E-state index in [1.54, 1.807) is 0 Å². The third-order valence-corrected chi connectivity index (χ3v) is 2.09. The van der Waals surface area contributed by atoms with Gasteiger partial charge in [-0.05, 0) is 19.8 Å². The minimum absolute atomic E-state index is 0.0777. The second-order valence-electron chi connectivity index (χ2n) is 3.24. The van der Waals surface area contributed by atoms with E-state index in [-0.39, 0.29) is 18.6 Å². The van der Waals surface area contributed by atoms with Crippen molar-refractivity contribution in [2.75, 3.05) is 0 Å². The van der Waals surface area contributed by atoms with E-state index in [9.17, 15) is 4.79 Å². The highest BCUT2D eigenvalue weighted by molar-refractivity contribution is 5.71. The topological polar surface area (TPSA) is 66.8 Å². The van der Waals surface area contributed by atoms with Crippen molar-refractivity contribution in [3.8, 4) is 0 Å². The van der Waals surface area contributed by atoms with E-state index in [4.69, 9.17) is 14.9 Å². The summed E-state index contributed by atoms with van der Waals surface area (Å²) in [5.74, 6) is -1.17. The number of rotatable bonds is 3. The zero-order valence-corrected chi connectivity index (χ0v) is 7.06. The molecule has 12 heavy (non-hydrogen) atoms. The molecule has 0 radical (unpaired) electrons. The van der Waals surface area contributed by atoms with Gasteiger partial charge < -0.3 is 14.9 Å². The lowest BCUT2D eigenvalue weighted by Crippen LogP contribution is -2.25. The molecule has 0 aromatic carbocycles. The minimum atomic E-state index is -1.28. The molecular formula is C8H14O4. The summed E-state index contributed by atoms with van der Waals surface area (Å²) in [6.07, 6.45) is 0.865. The van der Waals surface area contributed by atoms with Crippen molar-refractivity contribution in [1.29, 1.82) is 0 Å². The molecule has 0 bridgehead atoms. The molecule has 1 heterocycles. The summed E-state index contributed by atoms with van der Waals surface area (Å²) in [6, 6.07) is 0. The van der Waals surface area contributed by atoms with Gasteiger partial charge in [0.2, 0.25) is 0 Å². The molecule has 4 nitrogen and oxygen atoms in total. The molecule has 1 aliphatic rings. The van der Waals surface area contributed by atoms with Crippen LogP contribution in [0.25, 0.3) is 0 Å². The first-order valence-corrected chi connectivity index (χ1v) is 4.16. The third kappa shape index (κ3) is 2.46. The Balaban J connectivity index is 2.27. The van der Waals surface area contributed by atoms with Gasteiger partial charge >= 0.3 is 5.97 Å². The predicted molar refractivity (Wildman–Crippen MR) is 41.8 cm³/mol. The maximum Gasteiger partial charge on any atom is 0.332 e. The Morgan fingerprint density at radius 3 is 2.75 bits per heavy atom. The number of hydrogen-bond acceptors (Lipinski definition) is 3. The lowest BCUT2D eigenvalue weighted by atomic mass is 10.1. The van der Waals surface area contributed by atoms with Gasteiger partial charge in [0, 0.05) is 6.42 Å². The highest BCUT2D eigenvalue weighted by Gasteiger charge is 2.26. The highest BCUT2D eigenvalue weighted by Crippen LogP contribution is 2.22. The quantitative estimate of drug-likeness (QED) is 0.649. The van der Waals surface area contributed by atoms with E-state index in [2.05, 4.69) is 0 Å². The zero-order chi connectivity index (χ0) is 9.14. The van der Waals surface area contributed by atoms with Gasteiger partial charge in [-0.25, -0.2) is 4.79 Å². The second kappa shape index (κ2) is 3.87. The van der Waals surface area contributed by atoms with Crippen LogP contribution in [0.2, 0.25) is 0 Å². The van der Waals surface area contributed by atoms with Crippen molar-refractivity contribution < 1.29 is 19.7 Å². The first-order chi connectivity index (χ1) is 5.59. The fourth-order valence-corrected chi connectivity index (χ4v) is 1.41. The molecule has 0 aliphatic carbocycles. The van der Waals surface area contributed by atoms with Gasteiger partial charge in [-0.2, -0.15) is 0 Å². The summed E-state index contributed by atoms with van der Waals surface area (Å²) in [5.41, 5.74) is 0. The number of aliphatic hydroxyl groups excluding tert-OH is 1. The lowest BCUT2D eigenvalue weighted by molar-refractivity contribution is -0.148. The molecule has 0 spiro atoms. The summed E-state index contributed by atoms with van der Waals surface area (Å²) >= 11 is 0. The number of aliphatic hydroxyl groups is 1. The maximum atomic E-state index is 10.3. The zero-order valence-electron chi connectivity index (χ0n) is 7.06.